The molecule has 4 heterocycles. The molecule has 0 bridgehead atoms. The number of fused-ring (bicyclic) bond motifs is 2. The maximum absolute atomic E-state index is 12.4. The topological polar surface area (TPSA) is 93.0 Å². The number of carbonyl (C=O) groups is 1. The van der Waals surface area contributed by atoms with Gasteiger partial charge in [0.2, 0.25) is 11.9 Å². The summed E-state index contributed by atoms with van der Waals surface area (Å²) < 4.78 is 13.2. The molecule has 4 aromatic rings. The molecule has 37 heavy (non-hydrogen) atoms. The van der Waals surface area contributed by atoms with Crippen LogP contribution in [0.15, 0.2) is 60.7 Å². The summed E-state index contributed by atoms with van der Waals surface area (Å²) in [7, 11) is 0. The zero-order valence-electron chi connectivity index (χ0n) is 20.7. The van der Waals surface area contributed by atoms with Crippen LogP contribution < -0.4 is 20.1 Å². The van der Waals surface area contributed by atoms with Crippen molar-refractivity contribution in [3.63, 3.8) is 0 Å². The Morgan fingerprint density at radius 1 is 0.892 bits per heavy atom. The molecule has 1 fully saturated rings. The van der Waals surface area contributed by atoms with E-state index in [0.717, 1.165) is 59.4 Å². The maximum atomic E-state index is 12.4. The number of likely N-dealkylation sites (tertiary alicyclic amines) is 1. The van der Waals surface area contributed by atoms with E-state index in [9.17, 15) is 4.79 Å². The van der Waals surface area contributed by atoms with Gasteiger partial charge in [-0.3, -0.25) is 4.79 Å². The minimum Gasteiger partial charge on any atom is -0.486 e. The molecule has 9 nitrogen and oxygen atoms in total. The summed E-state index contributed by atoms with van der Waals surface area (Å²) in [4.78, 5) is 19.4. The number of piperidine rings is 1. The van der Waals surface area contributed by atoms with Crippen molar-refractivity contribution in [3.05, 3.63) is 60.7 Å². The lowest BCUT2D eigenvalue weighted by Crippen LogP contribution is -2.32. The van der Waals surface area contributed by atoms with E-state index in [-0.39, 0.29) is 5.91 Å². The molecule has 0 atom stereocenters. The molecule has 6 rings (SSSR count). The smallest absolute Gasteiger partial charge is 0.247 e. The second kappa shape index (κ2) is 10.5. The number of hydrogen-bond donors (Lipinski definition) is 2. The minimum atomic E-state index is 0.0416. The van der Waals surface area contributed by atoms with Crippen molar-refractivity contribution >= 4 is 28.9 Å². The summed E-state index contributed by atoms with van der Waals surface area (Å²) in [6, 6.07) is 19.4. The lowest BCUT2D eigenvalue weighted by Gasteiger charge is -2.25. The van der Waals surface area contributed by atoms with Gasteiger partial charge in [-0.15, -0.1) is 5.10 Å². The Morgan fingerprint density at radius 3 is 2.51 bits per heavy atom. The lowest BCUT2D eigenvalue weighted by molar-refractivity contribution is -0.116. The number of nitrogens with one attached hydrogen (secondary N) is 2. The number of carbonyl (C=O) groups excluding carboxylic acids is 1. The van der Waals surface area contributed by atoms with E-state index >= 15 is 0 Å². The van der Waals surface area contributed by atoms with Gasteiger partial charge in [0.05, 0.1) is 5.69 Å². The van der Waals surface area contributed by atoms with Crippen LogP contribution in [0.5, 0.6) is 11.5 Å². The van der Waals surface area contributed by atoms with Crippen LogP contribution in [0, 0.1) is 0 Å². The Morgan fingerprint density at radius 2 is 1.68 bits per heavy atom. The monoisotopic (exact) mass is 498 g/mol. The number of hydrogen-bond acceptors (Lipinski definition) is 7. The quantitative estimate of drug-likeness (QED) is 0.381. The summed E-state index contributed by atoms with van der Waals surface area (Å²) >= 11 is 0. The number of pyridine rings is 1. The molecule has 0 spiro atoms. The molecule has 2 N–H and O–H groups in total. The molecule has 0 radical (unpaired) electrons. The van der Waals surface area contributed by atoms with Crippen LogP contribution in [0.3, 0.4) is 0 Å². The predicted molar refractivity (Wildman–Crippen MR) is 143 cm³/mol. The highest BCUT2D eigenvalue weighted by Crippen LogP contribution is 2.34. The van der Waals surface area contributed by atoms with Gasteiger partial charge >= 0.3 is 0 Å². The van der Waals surface area contributed by atoms with Gasteiger partial charge in [0, 0.05) is 29.9 Å². The first kappa shape index (κ1) is 23.3. The van der Waals surface area contributed by atoms with E-state index < -0.39 is 0 Å². The van der Waals surface area contributed by atoms with Crippen molar-refractivity contribution in [2.75, 3.05) is 43.5 Å². The third kappa shape index (κ3) is 5.36. The van der Waals surface area contributed by atoms with Crippen molar-refractivity contribution in [1.82, 2.24) is 19.5 Å². The maximum Gasteiger partial charge on any atom is 0.247 e. The zero-order chi connectivity index (χ0) is 25.0. The standard InChI is InChI=1S/C28H30N6O3/c35-27(13-16-33-14-2-1-3-15-33)29-21-8-10-22(11-9-21)30-28-31-26-6-4-5-23(34(26)32-28)20-7-12-24-25(19-20)37-18-17-36-24/h4-12,19H,1-3,13-18H2,(H,29,35)(H,30,32). The van der Waals surface area contributed by atoms with E-state index in [4.69, 9.17) is 9.47 Å². The molecule has 9 heteroatoms. The number of rotatable bonds is 7. The van der Waals surface area contributed by atoms with E-state index in [1.807, 2.05) is 65.2 Å². The third-order valence-corrected chi connectivity index (χ3v) is 6.73. The SMILES string of the molecule is O=C(CCN1CCCCC1)Nc1ccc(Nc2nc3cccc(-c4ccc5c(c4)OCCO5)n3n2)cc1. The van der Waals surface area contributed by atoms with Gasteiger partial charge in [0.1, 0.15) is 13.2 Å². The zero-order valence-corrected chi connectivity index (χ0v) is 20.7. The number of ether oxygens (including phenoxy) is 2. The first-order chi connectivity index (χ1) is 18.2. The van der Waals surface area contributed by atoms with Crippen LogP contribution in [0.25, 0.3) is 16.9 Å². The number of amides is 1. The van der Waals surface area contributed by atoms with Crippen molar-refractivity contribution in [2.24, 2.45) is 0 Å². The fourth-order valence-electron chi connectivity index (χ4n) is 4.81. The van der Waals surface area contributed by atoms with Gasteiger partial charge in [0.25, 0.3) is 0 Å². The number of aromatic nitrogens is 3. The fourth-order valence-corrected chi connectivity index (χ4v) is 4.81. The summed E-state index contributed by atoms with van der Waals surface area (Å²) in [5.41, 5.74) is 4.21. The first-order valence-corrected chi connectivity index (χ1v) is 12.9. The second-order valence-electron chi connectivity index (χ2n) is 9.38. The van der Waals surface area contributed by atoms with Gasteiger partial charge in [0.15, 0.2) is 17.1 Å². The van der Waals surface area contributed by atoms with Crippen LogP contribution in [0.1, 0.15) is 25.7 Å². The highest BCUT2D eigenvalue weighted by molar-refractivity contribution is 5.91. The van der Waals surface area contributed by atoms with Gasteiger partial charge in [-0.2, -0.15) is 4.98 Å². The van der Waals surface area contributed by atoms with Crippen molar-refractivity contribution in [2.45, 2.75) is 25.7 Å². The van der Waals surface area contributed by atoms with Crippen molar-refractivity contribution in [3.8, 4) is 22.8 Å². The molecule has 1 amide bonds. The summed E-state index contributed by atoms with van der Waals surface area (Å²) in [6.07, 6.45) is 4.28. The Balaban J connectivity index is 1.12. The number of anilines is 3. The molecular formula is C28H30N6O3. The Hall–Kier alpha value is -4.11. The van der Waals surface area contributed by atoms with Gasteiger partial charge in [-0.05, 0) is 80.5 Å². The molecule has 190 valence electrons. The van der Waals surface area contributed by atoms with Gasteiger partial charge in [-0.1, -0.05) is 12.5 Å². The van der Waals surface area contributed by atoms with Gasteiger partial charge < -0.3 is 25.0 Å². The van der Waals surface area contributed by atoms with Crippen LogP contribution in [-0.2, 0) is 4.79 Å². The molecule has 2 aromatic heterocycles. The Bertz CT molecular complexity index is 1400. The largest absolute Gasteiger partial charge is 0.486 e. The molecule has 2 aliphatic heterocycles. The lowest BCUT2D eigenvalue weighted by atomic mass is 10.1. The molecule has 0 saturated carbocycles. The third-order valence-electron chi connectivity index (χ3n) is 6.73. The highest BCUT2D eigenvalue weighted by atomic mass is 16.6. The molecule has 1 saturated heterocycles. The van der Waals surface area contributed by atoms with Crippen LogP contribution in [-0.4, -0.2) is 58.3 Å². The van der Waals surface area contributed by atoms with Crippen LogP contribution in [0.4, 0.5) is 17.3 Å². The molecule has 0 unspecified atom stereocenters. The summed E-state index contributed by atoms with van der Waals surface area (Å²) in [5, 5.41) is 10.9. The summed E-state index contributed by atoms with van der Waals surface area (Å²) in [5.74, 6) is 2.02. The molecule has 2 aromatic carbocycles. The Kier molecular flexibility index (Phi) is 6.60. The van der Waals surface area contributed by atoms with E-state index in [0.29, 0.717) is 25.6 Å². The van der Waals surface area contributed by atoms with E-state index in [1.54, 1.807) is 0 Å². The average Bonchev–Trinajstić information content (AvgIpc) is 3.36. The van der Waals surface area contributed by atoms with Crippen LogP contribution >= 0.6 is 0 Å². The van der Waals surface area contributed by atoms with Crippen LogP contribution in [0.2, 0.25) is 0 Å². The van der Waals surface area contributed by atoms with Crippen molar-refractivity contribution < 1.29 is 14.3 Å². The highest BCUT2D eigenvalue weighted by Gasteiger charge is 2.15. The Labute approximate surface area is 215 Å². The molecule has 2 aliphatic rings. The van der Waals surface area contributed by atoms with Crippen molar-refractivity contribution in [1.29, 1.82) is 0 Å². The fraction of sp³-hybridized carbons (Fsp3) is 0.321. The first-order valence-electron chi connectivity index (χ1n) is 12.9. The predicted octanol–water partition coefficient (Wildman–Crippen LogP) is 4.73. The van der Waals surface area contributed by atoms with E-state index in [2.05, 4.69) is 25.6 Å². The minimum absolute atomic E-state index is 0.0416. The normalized spacial score (nSPS) is 15.5. The van der Waals surface area contributed by atoms with Gasteiger partial charge in [-0.25, -0.2) is 4.52 Å². The number of benzene rings is 2. The molecular weight excluding hydrogens is 468 g/mol. The second-order valence-corrected chi connectivity index (χ2v) is 9.38. The van der Waals surface area contributed by atoms with E-state index in [1.165, 1.54) is 19.3 Å². The number of nitrogens with zero attached hydrogens (tertiary/aromatic N) is 4. The average molecular weight is 499 g/mol. The molecule has 0 aliphatic carbocycles. The summed E-state index contributed by atoms with van der Waals surface area (Å²) in [6.45, 7) is 4.12.